The van der Waals surface area contributed by atoms with E-state index in [4.69, 9.17) is 0 Å². The second kappa shape index (κ2) is 7.00. The lowest BCUT2D eigenvalue weighted by Gasteiger charge is -2.42. The van der Waals surface area contributed by atoms with E-state index in [9.17, 15) is 19.8 Å². The van der Waals surface area contributed by atoms with Crippen LogP contribution in [0.15, 0.2) is 42.5 Å². The minimum absolute atomic E-state index is 0.0903. The van der Waals surface area contributed by atoms with E-state index in [1.807, 2.05) is 32.0 Å². The first-order valence-corrected chi connectivity index (χ1v) is 10.6. The van der Waals surface area contributed by atoms with Crippen LogP contribution in [-0.2, 0) is 11.2 Å². The smallest absolute Gasteiger partial charge is 0.328 e. The number of urea groups is 1. The molecule has 8 heteroatoms. The van der Waals surface area contributed by atoms with Crippen LogP contribution in [0, 0.1) is 0 Å². The van der Waals surface area contributed by atoms with Gasteiger partial charge in [-0.15, -0.1) is 0 Å². The number of H-pyrrole nitrogens is 1. The van der Waals surface area contributed by atoms with Crippen LogP contribution < -0.4 is 0 Å². The van der Waals surface area contributed by atoms with Crippen molar-refractivity contribution in [3.8, 4) is 11.5 Å². The molecule has 0 aliphatic carbocycles. The van der Waals surface area contributed by atoms with Gasteiger partial charge in [0.1, 0.15) is 23.1 Å². The quantitative estimate of drug-likeness (QED) is 0.549. The van der Waals surface area contributed by atoms with Gasteiger partial charge in [0, 0.05) is 36.1 Å². The summed E-state index contributed by atoms with van der Waals surface area (Å²) in [6.45, 7) is 2.68. The number of aromatic hydroxyl groups is 2. The molecule has 0 spiro atoms. The van der Waals surface area contributed by atoms with Crippen molar-refractivity contribution in [1.29, 1.82) is 0 Å². The summed E-state index contributed by atoms with van der Waals surface area (Å²) in [5.41, 5.74) is 2.16. The van der Waals surface area contributed by atoms with Crippen LogP contribution in [0.5, 0.6) is 11.5 Å². The number of hydrogen-bond donors (Lipinski definition) is 3. The molecule has 0 bridgehead atoms. The standard InChI is InChI=1S/C24H26N4O4/c1-24-13-18-17-12-16(30)7-8-19(17)25-20(18)21(14-5-4-6-15(29)11-14)28(24)23(32)27(22(24)31)10-9-26(2)3/h4-8,11-12,21,25,29-30H,9-10,13H2,1-3H3. The monoisotopic (exact) mass is 434 g/mol. The molecule has 3 aromatic rings. The molecule has 3 heterocycles. The first-order chi connectivity index (χ1) is 15.2. The van der Waals surface area contributed by atoms with Crippen molar-refractivity contribution in [2.75, 3.05) is 27.2 Å². The normalized spacial score (nSPS) is 22.7. The highest BCUT2D eigenvalue weighted by Crippen LogP contribution is 2.49. The Morgan fingerprint density at radius 1 is 1.12 bits per heavy atom. The summed E-state index contributed by atoms with van der Waals surface area (Å²) in [6.07, 6.45) is 0.337. The third kappa shape index (κ3) is 2.86. The Hall–Kier alpha value is -3.52. The van der Waals surface area contributed by atoms with Crippen LogP contribution in [0.2, 0.25) is 0 Å². The van der Waals surface area contributed by atoms with Crippen molar-refractivity contribution in [2.24, 2.45) is 0 Å². The minimum Gasteiger partial charge on any atom is -0.508 e. The summed E-state index contributed by atoms with van der Waals surface area (Å²) in [5, 5.41) is 21.1. The van der Waals surface area contributed by atoms with Gasteiger partial charge in [0.15, 0.2) is 0 Å². The highest BCUT2D eigenvalue weighted by Gasteiger charge is 2.60. The number of nitrogens with zero attached hydrogens (tertiary/aromatic N) is 3. The summed E-state index contributed by atoms with van der Waals surface area (Å²) in [5.74, 6) is 0.00407. The molecular weight excluding hydrogens is 408 g/mol. The first-order valence-electron chi connectivity index (χ1n) is 10.6. The number of benzene rings is 2. The fraction of sp³-hybridized carbons (Fsp3) is 0.333. The lowest BCUT2D eigenvalue weighted by Crippen LogP contribution is -2.53. The van der Waals surface area contributed by atoms with Crippen LogP contribution in [0.1, 0.15) is 29.8 Å². The average Bonchev–Trinajstić information content (AvgIpc) is 3.17. The highest BCUT2D eigenvalue weighted by atomic mass is 16.3. The number of aromatic amines is 1. The topological polar surface area (TPSA) is 100 Å². The molecule has 0 radical (unpaired) electrons. The number of carbonyl (C=O) groups excluding carboxylic acids is 2. The number of amides is 3. The van der Waals surface area contributed by atoms with E-state index >= 15 is 0 Å². The fourth-order valence-electron chi connectivity index (χ4n) is 5.04. The number of phenolic OH excluding ortho intramolecular Hbond substituents is 2. The van der Waals surface area contributed by atoms with E-state index < -0.39 is 11.6 Å². The Bertz CT molecular complexity index is 1250. The second-order valence-electron chi connectivity index (χ2n) is 9.11. The van der Waals surface area contributed by atoms with Crippen molar-refractivity contribution in [3.63, 3.8) is 0 Å². The lowest BCUT2D eigenvalue weighted by atomic mass is 9.81. The van der Waals surface area contributed by atoms with Crippen molar-refractivity contribution in [3.05, 3.63) is 59.3 Å². The Kier molecular flexibility index (Phi) is 4.46. The van der Waals surface area contributed by atoms with Gasteiger partial charge in [-0.2, -0.15) is 0 Å². The summed E-state index contributed by atoms with van der Waals surface area (Å²) in [6, 6.07) is 11.0. The Labute approximate surface area is 185 Å². The predicted molar refractivity (Wildman–Crippen MR) is 120 cm³/mol. The third-order valence-electron chi connectivity index (χ3n) is 6.61. The summed E-state index contributed by atoms with van der Waals surface area (Å²) >= 11 is 0. The number of carbonyl (C=O) groups is 2. The zero-order valence-electron chi connectivity index (χ0n) is 18.3. The predicted octanol–water partition coefficient (Wildman–Crippen LogP) is 2.81. The fourth-order valence-corrected chi connectivity index (χ4v) is 5.04. The summed E-state index contributed by atoms with van der Waals surface area (Å²) in [4.78, 5) is 35.5. The van der Waals surface area contributed by atoms with E-state index in [1.54, 1.807) is 41.3 Å². The Morgan fingerprint density at radius 3 is 2.59 bits per heavy atom. The Balaban J connectivity index is 1.72. The van der Waals surface area contributed by atoms with Gasteiger partial charge in [0.25, 0.3) is 5.91 Å². The van der Waals surface area contributed by atoms with Crippen molar-refractivity contribution < 1.29 is 19.8 Å². The summed E-state index contributed by atoms with van der Waals surface area (Å²) < 4.78 is 0. The second-order valence-corrected chi connectivity index (χ2v) is 9.11. The molecule has 166 valence electrons. The molecule has 1 aromatic heterocycles. The zero-order chi connectivity index (χ0) is 22.8. The SMILES string of the molecule is CN(C)CCN1C(=O)N2C(c3cccc(O)c3)c3[nH]c4ccc(O)cc4c3CC2(C)C1=O. The molecule has 5 rings (SSSR count). The number of imide groups is 1. The molecule has 0 saturated carbocycles. The van der Waals surface area contributed by atoms with Crippen LogP contribution in [0.4, 0.5) is 4.79 Å². The zero-order valence-corrected chi connectivity index (χ0v) is 18.3. The van der Waals surface area contributed by atoms with Crippen molar-refractivity contribution in [2.45, 2.75) is 24.9 Å². The molecule has 2 aliphatic rings. The number of fused-ring (bicyclic) bond motifs is 4. The molecule has 3 amide bonds. The first kappa shape index (κ1) is 20.4. The largest absolute Gasteiger partial charge is 0.508 e. The van der Waals surface area contributed by atoms with Gasteiger partial charge in [-0.1, -0.05) is 12.1 Å². The van der Waals surface area contributed by atoms with Gasteiger partial charge in [-0.25, -0.2) is 4.79 Å². The maximum absolute atomic E-state index is 13.6. The summed E-state index contributed by atoms with van der Waals surface area (Å²) in [7, 11) is 3.80. The van der Waals surface area contributed by atoms with Crippen molar-refractivity contribution in [1.82, 2.24) is 19.7 Å². The number of phenols is 2. The van der Waals surface area contributed by atoms with Crippen molar-refractivity contribution >= 4 is 22.8 Å². The lowest BCUT2D eigenvalue weighted by molar-refractivity contribution is -0.133. The van der Waals surface area contributed by atoms with E-state index in [-0.39, 0.29) is 23.4 Å². The van der Waals surface area contributed by atoms with E-state index in [0.29, 0.717) is 25.1 Å². The number of aromatic nitrogens is 1. The molecule has 2 atom stereocenters. The highest BCUT2D eigenvalue weighted by molar-refractivity contribution is 6.08. The van der Waals surface area contributed by atoms with E-state index in [2.05, 4.69) is 4.98 Å². The number of nitrogens with one attached hydrogen (secondary N) is 1. The molecule has 3 N–H and O–H groups in total. The van der Waals surface area contributed by atoms with Gasteiger partial charge in [-0.05, 0) is 62.5 Å². The van der Waals surface area contributed by atoms with Gasteiger partial charge < -0.3 is 20.1 Å². The maximum atomic E-state index is 13.6. The number of hydrogen-bond acceptors (Lipinski definition) is 5. The molecule has 2 aliphatic heterocycles. The average molecular weight is 434 g/mol. The molecule has 32 heavy (non-hydrogen) atoms. The van der Waals surface area contributed by atoms with Crippen LogP contribution in [0.3, 0.4) is 0 Å². The van der Waals surface area contributed by atoms with E-state index in [1.165, 1.54) is 4.90 Å². The molecule has 8 nitrogen and oxygen atoms in total. The number of rotatable bonds is 4. The minimum atomic E-state index is -1.08. The third-order valence-corrected chi connectivity index (χ3v) is 6.61. The van der Waals surface area contributed by atoms with Gasteiger partial charge in [-0.3, -0.25) is 14.6 Å². The van der Waals surface area contributed by atoms with Crippen LogP contribution >= 0.6 is 0 Å². The van der Waals surface area contributed by atoms with E-state index in [0.717, 1.165) is 22.2 Å². The van der Waals surface area contributed by atoms with Crippen LogP contribution in [-0.4, -0.2) is 74.6 Å². The number of likely N-dealkylation sites (N-methyl/N-ethyl adjacent to an activating group) is 1. The van der Waals surface area contributed by atoms with Gasteiger partial charge in [0.2, 0.25) is 0 Å². The molecule has 1 saturated heterocycles. The Morgan fingerprint density at radius 2 is 1.88 bits per heavy atom. The van der Waals surface area contributed by atoms with Gasteiger partial charge in [0.05, 0.1) is 0 Å². The molecule has 2 unspecified atom stereocenters. The molecular formula is C24H26N4O4. The molecule has 2 aromatic carbocycles. The maximum Gasteiger partial charge on any atom is 0.328 e. The van der Waals surface area contributed by atoms with Crippen LogP contribution in [0.25, 0.3) is 10.9 Å². The van der Waals surface area contributed by atoms with Gasteiger partial charge >= 0.3 is 6.03 Å². The molecule has 1 fully saturated rings.